The van der Waals surface area contributed by atoms with E-state index in [1.54, 1.807) is 10.6 Å². The summed E-state index contributed by atoms with van der Waals surface area (Å²) in [6.45, 7) is 5.42. The van der Waals surface area contributed by atoms with Gasteiger partial charge < -0.3 is 15.0 Å². The van der Waals surface area contributed by atoms with E-state index in [0.717, 1.165) is 6.54 Å². The number of carbonyl (C=O) groups is 1. The molecule has 0 radical (unpaired) electrons. The van der Waals surface area contributed by atoms with Crippen molar-refractivity contribution < 1.29 is 9.90 Å². The van der Waals surface area contributed by atoms with Crippen molar-refractivity contribution in [2.24, 2.45) is 0 Å². The fourth-order valence-corrected chi connectivity index (χ4v) is 2.02. The van der Waals surface area contributed by atoms with E-state index in [-0.39, 0.29) is 11.3 Å². The molecule has 2 rings (SSSR count). The summed E-state index contributed by atoms with van der Waals surface area (Å²) in [5.41, 5.74) is 1.27. The lowest BCUT2D eigenvalue weighted by Crippen LogP contribution is -2.32. The molecule has 0 unspecified atom stereocenters. The summed E-state index contributed by atoms with van der Waals surface area (Å²) in [6, 6.07) is 5.05. The Labute approximate surface area is 116 Å². The molecule has 6 heteroatoms. The van der Waals surface area contributed by atoms with Gasteiger partial charge >= 0.3 is 11.7 Å². The molecule has 2 N–H and O–H groups in total. The van der Waals surface area contributed by atoms with Crippen LogP contribution >= 0.6 is 0 Å². The minimum absolute atomic E-state index is 0.183. The third-order valence-electron chi connectivity index (χ3n) is 3.58. The third-order valence-corrected chi connectivity index (χ3v) is 3.58. The number of fused-ring (bicyclic) bond motifs is 1. The zero-order valence-corrected chi connectivity index (χ0v) is 11.9. The largest absolute Gasteiger partial charge is 0.478 e. The second kappa shape index (κ2) is 5.50. The quantitative estimate of drug-likeness (QED) is 0.865. The molecule has 1 aromatic carbocycles. The number of hydrogen-bond donors (Lipinski definition) is 2. The Balaban J connectivity index is 2.36. The normalized spacial score (nSPS) is 11.7. The van der Waals surface area contributed by atoms with E-state index in [1.165, 1.54) is 12.1 Å². The van der Waals surface area contributed by atoms with Gasteiger partial charge in [0.25, 0.3) is 0 Å². The molecule has 6 nitrogen and oxygen atoms in total. The number of benzene rings is 1. The lowest BCUT2D eigenvalue weighted by molar-refractivity contribution is 0.0697. The number of hydrogen-bond acceptors (Lipinski definition) is 3. The number of rotatable bonds is 5. The third kappa shape index (κ3) is 2.75. The molecular formula is C14H19N3O3. The number of nitrogens with zero attached hydrogens (tertiary/aromatic N) is 2. The van der Waals surface area contributed by atoms with Crippen molar-refractivity contribution in [2.75, 3.05) is 13.6 Å². The van der Waals surface area contributed by atoms with Gasteiger partial charge in [-0.25, -0.2) is 9.59 Å². The molecule has 0 aliphatic carbocycles. The highest BCUT2D eigenvalue weighted by atomic mass is 16.4. The zero-order valence-electron chi connectivity index (χ0n) is 11.9. The van der Waals surface area contributed by atoms with Crippen LogP contribution in [-0.4, -0.2) is 45.2 Å². The molecular weight excluding hydrogens is 258 g/mol. The number of carboxylic acid groups (broad SMARTS) is 1. The predicted molar refractivity (Wildman–Crippen MR) is 77.3 cm³/mol. The van der Waals surface area contributed by atoms with Crippen molar-refractivity contribution in [2.45, 2.75) is 26.4 Å². The maximum atomic E-state index is 11.9. The van der Waals surface area contributed by atoms with Gasteiger partial charge in [-0.05, 0) is 39.1 Å². The molecule has 0 saturated carbocycles. The zero-order chi connectivity index (χ0) is 14.9. The molecule has 0 amide bonds. The van der Waals surface area contributed by atoms with Crippen LogP contribution in [0.3, 0.4) is 0 Å². The number of carboxylic acids is 1. The minimum Gasteiger partial charge on any atom is -0.478 e. The van der Waals surface area contributed by atoms with Crippen LogP contribution in [-0.2, 0) is 6.54 Å². The first-order valence-corrected chi connectivity index (χ1v) is 6.56. The van der Waals surface area contributed by atoms with E-state index in [4.69, 9.17) is 5.11 Å². The number of imidazole rings is 1. The van der Waals surface area contributed by atoms with E-state index >= 15 is 0 Å². The van der Waals surface area contributed by atoms with Gasteiger partial charge in [0.1, 0.15) is 0 Å². The fourth-order valence-electron chi connectivity index (χ4n) is 2.02. The Bertz CT molecular complexity index is 685. The number of aromatic carboxylic acids is 1. The molecule has 0 atom stereocenters. The van der Waals surface area contributed by atoms with E-state index < -0.39 is 5.97 Å². The Kier molecular flexibility index (Phi) is 3.94. The highest BCUT2D eigenvalue weighted by molar-refractivity contribution is 5.92. The molecule has 0 saturated heterocycles. The van der Waals surface area contributed by atoms with E-state index in [2.05, 4.69) is 23.7 Å². The lowest BCUT2D eigenvalue weighted by atomic mass is 10.2. The van der Waals surface area contributed by atoms with Crippen molar-refractivity contribution in [3.63, 3.8) is 0 Å². The van der Waals surface area contributed by atoms with Crippen molar-refractivity contribution in [3.05, 3.63) is 34.2 Å². The van der Waals surface area contributed by atoms with Crippen molar-refractivity contribution in [1.82, 2.24) is 14.5 Å². The first-order valence-electron chi connectivity index (χ1n) is 6.56. The Morgan fingerprint density at radius 2 is 2.15 bits per heavy atom. The lowest BCUT2D eigenvalue weighted by Gasteiger charge is -2.20. The average Bonchev–Trinajstić information content (AvgIpc) is 2.70. The van der Waals surface area contributed by atoms with Gasteiger partial charge in [-0.1, -0.05) is 0 Å². The summed E-state index contributed by atoms with van der Waals surface area (Å²) in [7, 11) is 1.99. The molecule has 1 aromatic heterocycles. The van der Waals surface area contributed by atoms with Gasteiger partial charge in [0.05, 0.1) is 16.6 Å². The summed E-state index contributed by atoms with van der Waals surface area (Å²) in [6.07, 6.45) is 0. The SMILES string of the molecule is CC(C)N(C)CCn1c(=O)[nH]c2ccc(C(=O)O)cc21. The van der Waals surface area contributed by atoms with E-state index in [9.17, 15) is 9.59 Å². The summed E-state index contributed by atoms with van der Waals surface area (Å²) >= 11 is 0. The summed E-state index contributed by atoms with van der Waals surface area (Å²) < 4.78 is 1.58. The molecule has 108 valence electrons. The number of likely N-dealkylation sites (N-methyl/N-ethyl adjacent to an activating group) is 1. The molecule has 20 heavy (non-hydrogen) atoms. The first kappa shape index (κ1) is 14.3. The molecule has 2 aromatic rings. The van der Waals surface area contributed by atoms with Crippen LogP contribution in [0, 0.1) is 0 Å². The predicted octanol–water partition coefficient (Wildman–Crippen LogP) is 1.37. The molecule has 0 spiro atoms. The molecule has 0 bridgehead atoms. The summed E-state index contributed by atoms with van der Waals surface area (Å²) in [5, 5.41) is 9.03. The number of nitrogens with one attached hydrogen (secondary N) is 1. The van der Waals surface area contributed by atoms with Crippen molar-refractivity contribution in [3.8, 4) is 0 Å². The topological polar surface area (TPSA) is 78.3 Å². The van der Waals surface area contributed by atoms with Gasteiger partial charge in [-0.2, -0.15) is 0 Å². The van der Waals surface area contributed by atoms with Crippen LogP contribution in [0.1, 0.15) is 24.2 Å². The molecule has 0 fully saturated rings. The monoisotopic (exact) mass is 277 g/mol. The maximum Gasteiger partial charge on any atom is 0.335 e. The number of aromatic amines is 1. The van der Waals surface area contributed by atoms with E-state index in [1.807, 2.05) is 7.05 Å². The summed E-state index contributed by atoms with van der Waals surface area (Å²) in [5.74, 6) is -0.994. The first-order chi connectivity index (χ1) is 9.40. The van der Waals surface area contributed by atoms with Gasteiger partial charge in [0.2, 0.25) is 0 Å². The molecule has 0 aliphatic rings. The van der Waals surface area contributed by atoms with Crippen molar-refractivity contribution >= 4 is 17.0 Å². The Morgan fingerprint density at radius 1 is 1.45 bits per heavy atom. The van der Waals surface area contributed by atoms with Crippen LogP contribution in [0.4, 0.5) is 0 Å². The van der Waals surface area contributed by atoms with Crippen LogP contribution in [0.25, 0.3) is 11.0 Å². The maximum absolute atomic E-state index is 11.9. The standard InChI is InChI=1S/C14H19N3O3/c1-9(2)16(3)6-7-17-12-8-10(13(18)19)4-5-11(12)15-14(17)20/h4-5,8-9H,6-7H2,1-3H3,(H,15,20)(H,18,19). The minimum atomic E-state index is -0.994. The van der Waals surface area contributed by atoms with Gasteiger partial charge in [0.15, 0.2) is 0 Å². The number of H-pyrrole nitrogens is 1. The fraction of sp³-hybridized carbons (Fsp3) is 0.429. The average molecular weight is 277 g/mol. The second-order valence-corrected chi connectivity index (χ2v) is 5.19. The molecule has 0 aliphatic heterocycles. The smallest absolute Gasteiger partial charge is 0.335 e. The highest BCUT2D eigenvalue weighted by Gasteiger charge is 2.11. The van der Waals surface area contributed by atoms with Gasteiger partial charge in [-0.3, -0.25) is 4.57 Å². The second-order valence-electron chi connectivity index (χ2n) is 5.19. The summed E-state index contributed by atoms with van der Waals surface area (Å²) in [4.78, 5) is 27.8. The van der Waals surface area contributed by atoms with Crippen LogP contribution in [0.5, 0.6) is 0 Å². The van der Waals surface area contributed by atoms with Crippen LogP contribution in [0.15, 0.2) is 23.0 Å². The number of aromatic nitrogens is 2. The van der Waals surface area contributed by atoms with Crippen LogP contribution in [0.2, 0.25) is 0 Å². The van der Waals surface area contributed by atoms with Crippen molar-refractivity contribution in [1.29, 1.82) is 0 Å². The molecule has 1 heterocycles. The highest BCUT2D eigenvalue weighted by Crippen LogP contribution is 2.13. The Morgan fingerprint density at radius 3 is 2.75 bits per heavy atom. The van der Waals surface area contributed by atoms with E-state index in [0.29, 0.717) is 23.6 Å². The van der Waals surface area contributed by atoms with Crippen LogP contribution < -0.4 is 5.69 Å². The van der Waals surface area contributed by atoms with Gasteiger partial charge in [-0.15, -0.1) is 0 Å². The Hall–Kier alpha value is -2.08. The van der Waals surface area contributed by atoms with Gasteiger partial charge in [0, 0.05) is 19.1 Å².